The van der Waals surface area contributed by atoms with Crippen molar-refractivity contribution in [2.75, 3.05) is 34.7 Å². The monoisotopic (exact) mass is 285 g/mol. The van der Waals surface area contributed by atoms with E-state index >= 15 is 0 Å². The number of benzene rings is 1. The molecule has 1 aromatic carbocycles. The summed E-state index contributed by atoms with van der Waals surface area (Å²) in [4.78, 5) is 4.65. The Morgan fingerprint density at radius 3 is 2.62 bits per heavy atom. The number of para-hydroxylation sites is 1. The number of nitrogens with zero attached hydrogens (tertiary/aromatic N) is 3. The molecule has 1 aliphatic carbocycles. The third-order valence-electron chi connectivity index (χ3n) is 4.85. The highest BCUT2D eigenvalue weighted by Gasteiger charge is 2.26. The van der Waals surface area contributed by atoms with Crippen molar-refractivity contribution in [1.82, 2.24) is 14.4 Å². The molecule has 0 radical (unpaired) electrons. The van der Waals surface area contributed by atoms with Gasteiger partial charge in [-0.1, -0.05) is 18.2 Å². The van der Waals surface area contributed by atoms with Crippen molar-refractivity contribution in [3.63, 3.8) is 0 Å². The van der Waals surface area contributed by atoms with Crippen molar-refractivity contribution >= 4 is 10.9 Å². The Morgan fingerprint density at radius 1 is 1.14 bits per heavy atom. The van der Waals surface area contributed by atoms with Gasteiger partial charge in [-0.2, -0.15) is 0 Å². The Kier molecular flexibility index (Phi) is 4.05. The molecule has 1 aromatic heterocycles. The van der Waals surface area contributed by atoms with E-state index in [1.54, 1.807) is 11.3 Å². The van der Waals surface area contributed by atoms with Crippen LogP contribution >= 0.6 is 0 Å². The van der Waals surface area contributed by atoms with Crippen molar-refractivity contribution < 1.29 is 0 Å². The zero-order valence-electron chi connectivity index (χ0n) is 13.8. The van der Waals surface area contributed by atoms with E-state index in [0.717, 1.165) is 13.1 Å². The highest BCUT2D eigenvalue weighted by molar-refractivity contribution is 5.86. The van der Waals surface area contributed by atoms with Gasteiger partial charge in [-0.05, 0) is 59.1 Å². The fourth-order valence-electron chi connectivity index (χ4n) is 3.58. The van der Waals surface area contributed by atoms with Crippen LogP contribution in [-0.2, 0) is 19.4 Å². The van der Waals surface area contributed by atoms with Gasteiger partial charge in [0.15, 0.2) is 0 Å². The Bertz CT molecular complexity index is 592. The summed E-state index contributed by atoms with van der Waals surface area (Å²) < 4.78 is 2.57. The van der Waals surface area contributed by atoms with E-state index in [1.807, 2.05) is 0 Å². The molecule has 0 aliphatic heterocycles. The highest BCUT2D eigenvalue weighted by atomic mass is 15.1. The van der Waals surface area contributed by atoms with Crippen molar-refractivity contribution in [2.45, 2.75) is 31.8 Å². The molecule has 1 heterocycles. The lowest BCUT2D eigenvalue weighted by Gasteiger charge is -2.29. The van der Waals surface area contributed by atoms with E-state index < -0.39 is 0 Å². The van der Waals surface area contributed by atoms with Gasteiger partial charge in [0.25, 0.3) is 0 Å². The summed E-state index contributed by atoms with van der Waals surface area (Å²) in [7, 11) is 8.72. The van der Waals surface area contributed by atoms with Crippen LogP contribution < -0.4 is 0 Å². The first-order valence-electron chi connectivity index (χ1n) is 7.98. The van der Waals surface area contributed by atoms with Crippen LogP contribution in [-0.4, -0.2) is 55.1 Å². The van der Waals surface area contributed by atoms with E-state index in [9.17, 15) is 0 Å². The maximum atomic E-state index is 2.57. The average Bonchev–Trinajstić information content (AvgIpc) is 2.78. The molecule has 1 aliphatic rings. The minimum Gasteiger partial charge on any atom is -0.343 e. The van der Waals surface area contributed by atoms with Crippen LogP contribution in [0.15, 0.2) is 24.3 Å². The Morgan fingerprint density at radius 2 is 1.90 bits per heavy atom. The molecule has 0 fully saturated rings. The smallest absolute Gasteiger partial charge is 0.0485 e. The first kappa shape index (κ1) is 14.6. The first-order valence-corrected chi connectivity index (χ1v) is 7.98. The van der Waals surface area contributed by atoms with Crippen LogP contribution in [0.4, 0.5) is 0 Å². The van der Waals surface area contributed by atoms with E-state index in [1.165, 1.54) is 30.2 Å². The first-order chi connectivity index (χ1) is 10.1. The lowest BCUT2D eigenvalue weighted by molar-refractivity contribution is 0.266. The molecule has 2 aromatic rings. The minimum absolute atomic E-state index is 0.686. The molecule has 1 unspecified atom stereocenters. The topological polar surface area (TPSA) is 11.4 Å². The molecule has 21 heavy (non-hydrogen) atoms. The summed E-state index contributed by atoms with van der Waals surface area (Å²) in [5.74, 6) is 0. The molecule has 0 bridgehead atoms. The normalized spacial score (nSPS) is 18.7. The molecule has 3 nitrogen and oxygen atoms in total. The van der Waals surface area contributed by atoms with E-state index in [2.05, 4.69) is 66.8 Å². The van der Waals surface area contributed by atoms with Gasteiger partial charge < -0.3 is 14.4 Å². The number of hydrogen-bond acceptors (Lipinski definition) is 2. The molecular formula is C18H27N3. The van der Waals surface area contributed by atoms with Gasteiger partial charge in [0.2, 0.25) is 0 Å². The number of aromatic nitrogens is 1. The number of hydrogen-bond donors (Lipinski definition) is 0. The lowest BCUT2D eigenvalue weighted by Crippen LogP contribution is -2.34. The van der Waals surface area contributed by atoms with Gasteiger partial charge in [0.1, 0.15) is 0 Å². The summed E-state index contributed by atoms with van der Waals surface area (Å²) in [6.07, 6.45) is 3.68. The summed E-state index contributed by atoms with van der Waals surface area (Å²) in [5, 5.41) is 1.47. The molecule has 3 rings (SSSR count). The Balaban J connectivity index is 2.04. The van der Waals surface area contributed by atoms with Crippen molar-refractivity contribution in [2.24, 2.45) is 0 Å². The molecule has 114 valence electrons. The average molecular weight is 285 g/mol. The van der Waals surface area contributed by atoms with Crippen LogP contribution in [0.3, 0.4) is 0 Å². The number of fused-ring (bicyclic) bond motifs is 3. The van der Waals surface area contributed by atoms with Crippen LogP contribution in [0, 0.1) is 0 Å². The maximum Gasteiger partial charge on any atom is 0.0485 e. The largest absolute Gasteiger partial charge is 0.343 e. The van der Waals surface area contributed by atoms with Gasteiger partial charge in [-0.3, -0.25) is 0 Å². The van der Waals surface area contributed by atoms with Gasteiger partial charge in [-0.25, -0.2) is 0 Å². The SMILES string of the molecule is CN(C)CCn1c2c(c3ccccc31)CC(N(C)C)CC2. The van der Waals surface area contributed by atoms with Crippen LogP contribution in [0.2, 0.25) is 0 Å². The summed E-state index contributed by atoms with van der Waals surface area (Å²) in [5.41, 5.74) is 4.59. The van der Waals surface area contributed by atoms with Crippen molar-refractivity contribution in [3.05, 3.63) is 35.5 Å². The predicted octanol–water partition coefficient (Wildman–Crippen LogP) is 2.62. The molecule has 0 N–H and O–H groups in total. The molecule has 0 spiro atoms. The lowest BCUT2D eigenvalue weighted by atomic mass is 9.91. The van der Waals surface area contributed by atoms with Gasteiger partial charge in [-0.15, -0.1) is 0 Å². The fraction of sp³-hybridized carbons (Fsp3) is 0.556. The van der Waals surface area contributed by atoms with E-state index in [4.69, 9.17) is 0 Å². The molecular weight excluding hydrogens is 258 g/mol. The van der Waals surface area contributed by atoms with E-state index in [-0.39, 0.29) is 0 Å². The third-order valence-corrected chi connectivity index (χ3v) is 4.85. The predicted molar refractivity (Wildman–Crippen MR) is 90.0 cm³/mol. The van der Waals surface area contributed by atoms with Gasteiger partial charge >= 0.3 is 0 Å². The second kappa shape index (κ2) is 5.82. The summed E-state index contributed by atoms with van der Waals surface area (Å²) >= 11 is 0. The third kappa shape index (κ3) is 2.72. The maximum absolute atomic E-state index is 2.57. The van der Waals surface area contributed by atoms with Crippen molar-refractivity contribution in [3.8, 4) is 0 Å². The fourth-order valence-corrected chi connectivity index (χ4v) is 3.58. The second-order valence-electron chi connectivity index (χ2n) is 6.76. The molecule has 0 amide bonds. The molecule has 0 saturated heterocycles. The van der Waals surface area contributed by atoms with Crippen molar-refractivity contribution in [1.29, 1.82) is 0 Å². The number of rotatable bonds is 4. The summed E-state index contributed by atoms with van der Waals surface area (Å²) in [6, 6.07) is 9.62. The zero-order valence-corrected chi connectivity index (χ0v) is 13.8. The Hall–Kier alpha value is -1.32. The van der Waals surface area contributed by atoms with Gasteiger partial charge in [0, 0.05) is 35.7 Å². The number of likely N-dealkylation sites (N-methyl/N-ethyl adjacent to an activating group) is 2. The zero-order chi connectivity index (χ0) is 15.0. The Labute approximate surface area is 128 Å². The molecule has 1 atom stereocenters. The van der Waals surface area contributed by atoms with Crippen LogP contribution in [0.25, 0.3) is 10.9 Å². The van der Waals surface area contributed by atoms with Gasteiger partial charge in [0.05, 0.1) is 0 Å². The van der Waals surface area contributed by atoms with Crippen LogP contribution in [0.1, 0.15) is 17.7 Å². The minimum atomic E-state index is 0.686. The molecule has 3 heteroatoms. The highest BCUT2D eigenvalue weighted by Crippen LogP contribution is 2.33. The van der Waals surface area contributed by atoms with Crippen LogP contribution in [0.5, 0.6) is 0 Å². The second-order valence-corrected chi connectivity index (χ2v) is 6.76. The summed E-state index contributed by atoms with van der Waals surface area (Å²) in [6.45, 7) is 2.19. The molecule has 0 saturated carbocycles. The standard InChI is InChI=1S/C18H27N3/c1-19(2)11-12-21-17-8-6-5-7-15(17)16-13-14(20(3)4)9-10-18(16)21/h5-8,14H,9-13H2,1-4H3. The quantitative estimate of drug-likeness (QED) is 0.855. The van der Waals surface area contributed by atoms with E-state index in [0.29, 0.717) is 6.04 Å².